The van der Waals surface area contributed by atoms with Crippen LogP contribution in [-0.2, 0) is 6.42 Å². The molecule has 0 bridgehead atoms. The van der Waals surface area contributed by atoms with E-state index in [2.05, 4.69) is 6.92 Å². The van der Waals surface area contributed by atoms with Crippen molar-refractivity contribution in [2.45, 2.75) is 50.7 Å². The summed E-state index contributed by atoms with van der Waals surface area (Å²) in [4.78, 5) is 0. The first-order valence-electron chi connectivity index (χ1n) is 7.18. The van der Waals surface area contributed by atoms with Gasteiger partial charge in [0.05, 0.1) is 18.8 Å². The molecule has 1 aromatic rings. The van der Waals surface area contributed by atoms with Gasteiger partial charge in [-0.1, -0.05) is 19.1 Å². The number of benzene rings is 1. The van der Waals surface area contributed by atoms with Crippen LogP contribution >= 0.6 is 0 Å². The molecule has 0 heterocycles. The Morgan fingerprint density at radius 2 is 2.05 bits per heavy atom. The monoisotopic (exact) mass is 282 g/mol. The number of hydrogen-bond donors (Lipinski definition) is 2. The Hall–Kier alpha value is -1.13. The third-order valence-electron chi connectivity index (χ3n) is 4.44. The molecule has 0 spiro atoms. The van der Waals surface area contributed by atoms with E-state index in [1.165, 1.54) is 7.11 Å². The molecule has 1 fully saturated rings. The number of methoxy groups -OCH3 is 1. The van der Waals surface area contributed by atoms with Gasteiger partial charge in [-0.15, -0.1) is 0 Å². The van der Waals surface area contributed by atoms with Crippen LogP contribution in [0.15, 0.2) is 18.2 Å². The Labute approximate surface area is 119 Å². The molecule has 1 aliphatic carbocycles. The third-order valence-corrected chi connectivity index (χ3v) is 4.44. The first-order valence-corrected chi connectivity index (χ1v) is 7.18. The topological polar surface area (TPSA) is 49.7 Å². The lowest BCUT2D eigenvalue weighted by atomic mass is 9.75. The largest absolute Gasteiger partial charge is 0.494 e. The van der Waals surface area contributed by atoms with Crippen molar-refractivity contribution < 1.29 is 19.3 Å². The molecular formula is C16H23FO3. The third kappa shape index (κ3) is 3.13. The minimum atomic E-state index is -1.10. The normalized spacial score (nSPS) is 28.1. The molecular weight excluding hydrogens is 259 g/mol. The summed E-state index contributed by atoms with van der Waals surface area (Å²) in [6.45, 7) is 2.15. The van der Waals surface area contributed by atoms with Gasteiger partial charge in [0.1, 0.15) is 0 Å². The Kier molecular flexibility index (Phi) is 4.66. The summed E-state index contributed by atoms with van der Waals surface area (Å²) in [5, 5.41) is 20.8. The van der Waals surface area contributed by atoms with Crippen LogP contribution in [0, 0.1) is 11.7 Å². The van der Waals surface area contributed by atoms with Gasteiger partial charge < -0.3 is 14.9 Å². The highest BCUT2D eigenvalue weighted by Crippen LogP contribution is 2.35. The molecule has 0 saturated heterocycles. The van der Waals surface area contributed by atoms with Gasteiger partial charge in [0, 0.05) is 6.42 Å². The molecule has 4 heteroatoms. The average molecular weight is 282 g/mol. The van der Waals surface area contributed by atoms with Crippen molar-refractivity contribution >= 4 is 0 Å². The fourth-order valence-electron chi connectivity index (χ4n) is 2.87. The van der Waals surface area contributed by atoms with E-state index in [4.69, 9.17) is 4.74 Å². The maximum Gasteiger partial charge on any atom is 0.168 e. The first kappa shape index (κ1) is 15.3. The Morgan fingerprint density at radius 3 is 2.65 bits per heavy atom. The molecule has 0 aromatic heterocycles. The summed E-state index contributed by atoms with van der Waals surface area (Å²) in [5.41, 5.74) is -0.717. The fourth-order valence-corrected chi connectivity index (χ4v) is 2.87. The summed E-state index contributed by atoms with van der Waals surface area (Å²) in [5.74, 6) is 0.289. The molecule has 0 amide bonds. The van der Waals surface area contributed by atoms with E-state index in [0.29, 0.717) is 24.3 Å². The van der Waals surface area contributed by atoms with E-state index >= 15 is 0 Å². The highest BCUT2D eigenvalue weighted by Gasteiger charge is 2.38. The zero-order chi connectivity index (χ0) is 14.8. The lowest BCUT2D eigenvalue weighted by molar-refractivity contribution is -0.102. The zero-order valence-electron chi connectivity index (χ0n) is 12.1. The van der Waals surface area contributed by atoms with Gasteiger partial charge in [-0.2, -0.15) is 0 Å². The smallest absolute Gasteiger partial charge is 0.168 e. The Balaban J connectivity index is 2.09. The standard InChI is InChI=1S/C16H23FO3/c1-11-6-8-16(19,9-7-11)14(18)10-12-4-3-5-13(20-2)15(12)17/h3-5,11,14,18-19H,6-10H2,1-2H3. The van der Waals surface area contributed by atoms with E-state index in [1.54, 1.807) is 18.2 Å². The summed E-state index contributed by atoms with van der Waals surface area (Å²) in [6.07, 6.45) is 2.09. The predicted molar refractivity (Wildman–Crippen MR) is 75.2 cm³/mol. The van der Waals surface area contributed by atoms with Crippen molar-refractivity contribution in [1.82, 2.24) is 0 Å². The van der Waals surface area contributed by atoms with E-state index in [1.807, 2.05) is 0 Å². The van der Waals surface area contributed by atoms with E-state index in [-0.39, 0.29) is 12.2 Å². The van der Waals surface area contributed by atoms with Crippen LogP contribution in [-0.4, -0.2) is 29.0 Å². The molecule has 1 aromatic carbocycles. The summed E-state index contributed by atoms with van der Waals surface area (Å²) in [6, 6.07) is 4.86. The van der Waals surface area contributed by atoms with E-state index in [0.717, 1.165) is 12.8 Å². The fraction of sp³-hybridized carbons (Fsp3) is 0.625. The number of ether oxygens (including phenoxy) is 1. The zero-order valence-corrected chi connectivity index (χ0v) is 12.1. The van der Waals surface area contributed by atoms with Crippen molar-refractivity contribution in [3.8, 4) is 5.75 Å². The van der Waals surface area contributed by atoms with Crippen LogP contribution in [0.1, 0.15) is 38.2 Å². The molecule has 112 valence electrons. The molecule has 3 nitrogen and oxygen atoms in total. The molecule has 1 saturated carbocycles. The second-order valence-corrected chi connectivity index (χ2v) is 5.94. The van der Waals surface area contributed by atoms with Gasteiger partial charge in [-0.05, 0) is 43.2 Å². The number of aliphatic hydroxyl groups excluding tert-OH is 1. The minimum absolute atomic E-state index is 0.105. The number of rotatable bonds is 4. The lowest BCUT2D eigenvalue weighted by Crippen LogP contribution is -2.46. The molecule has 1 unspecified atom stereocenters. The van der Waals surface area contributed by atoms with Crippen LogP contribution in [0.4, 0.5) is 4.39 Å². The second-order valence-electron chi connectivity index (χ2n) is 5.94. The Morgan fingerprint density at radius 1 is 1.40 bits per heavy atom. The number of halogens is 1. The van der Waals surface area contributed by atoms with E-state index in [9.17, 15) is 14.6 Å². The Bertz CT molecular complexity index is 453. The SMILES string of the molecule is COc1cccc(CC(O)C2(O)CCC(C)CC2)c1F. The second kappa shape index (κ2) is 6.10. The summed E-state index contributed by atoms with van der Waals surface area (Å²) >= 11 is 0. The first-order chi connectivity index (χ1) is 9.46. The van der Waals surface area contributed by atoms with Crippen molar-refractivity contribution in [3.05, 3.63) is 29.6 Å². The van der Waals surface area contributed by atoms with Crippen LogP contribution < -0.4 is 4.74 Å². The van der Waals surface area contributed by atoms with Gasteiger partial charge in [0.15, 0.2) is 11.6 Å². The quantitative estimate of drug-likeness (QED) is 0.892. The van der Waals surface area contributed by atoms with Crippen molar-refractivity contribution in [2.75, 3.05) is 7.11 Å². The van der Waals surface area contributed by atoms with E-state index < -0.39 is 17.5 Å². The van der Waals surface area contributed by atoms with Gasteiger partial charge in [-0.25, -0.2) is 4.39 Å². The van der Waals surface area contributed by atoms with Crippen LogP contribution in [0.2, 0.25) is 0 Å². The number of aliphatic hydroxyl groups is 2. The molecule has 0 radical (unpaired) electrons. The van der Waals surface area contributed by atoms with Gasteiger partial charge in [0.25, 0.3) is 0 Å². The van der Waals surface area contributed by atoms with Crippen molar-refractivity contribution in [3.63, 3.8) is 0 Å². The van der Waals surface area contributed by atoms with Crippen LogP contribution in [0.25, 0.3) is 0 Å². The summed E-state index contributed by atoms with van der Waals surface area (Å²) < 4.78 is 19.0. The molecule has 1 aliphatic rings. The van der Waals surface area contributed by atoms with Crippen LogP contribution in [0.5, 0.6) is 5.75 Å². The lowest BCUT2D eigenvalue weighted by Gasteiger charge is -2.38. The van der Waals surface area contributed by atoms with Gasteiger partial charge >= 0.3 is 0 Å². The van der Waals surface area contributed by atoms with Crippen LogP contribution in [0.3, 0.4) is 0 Å². The number of hydrogen-bond acceptors (Lipinski definition) is 3. The highest BCUT2D eigenvalue weighted by atomic mass is 19.1. The molecule has 20 heavy (non-hydrogen) atoms. The molecule has 0 aliphatic heterocycles. The molecule has 2 rings (SSSR count). The van der Waals surface area contributed by atoms with Gasteiger partial charge in [-0.3, -0.25) is 0 Å². The minimum Gasteiger partial charge on any atom is -0.494 e. The summed E-state index contributed by atoms with van der Waals surface area (Å²) in [7, 11) is 1.41. The highest BCUT2D eigenvalue weighted by molar-refractivity contribution is 5.31. The van der Waals surface area contributed by atoms with Crippen molar-refractivity contribution in [2.24, 2.45) is 5.92 Å². The maximum atomic E-state index is 14.1. The van der Waals surface area contributed by atoms with Crippen molar-refractivity contribution in [1.29, 1.82) is 0 Å². The predicted octanol–water partition coefficient (Wildman–Crippen LogP) is 2.68. The average Bonchev–Trinajstić information content (AvgIpc) is 2.44. The maximum absolute atomic E-state index is 14.1. The van der Waals surface area contributed by atoms with Gasteiger partial charge in [0.2, 0.25) is 0 Å². The molecule has 1 atom stereocenters. The molecule has 2 N–H and O–H groups in total.